The monoisotopic (exact) mass is 331 g/mol. The summed E-state index contributed by atoms with van der Waals surface area (Å²) in [5, 5.41) is 1.02. The first-order valence-electron chi connectivity index (χ1n) is 5.97. The number of benzene rings is 1. The lowest BCUT2D eigenvalue weighted by Crippen LogP contribution is -2.30. The first kappa shape index (κ1) is 12.8. The Bertz CT molecular complexity index is 893. The highest BCUT2D eigenvalue weighted by molar-refractivity contribution is 9.10. The molecule has 0 aliphatic carbocycles. The summed E-state index contributed by atoms with van der Waals surface area (Å²) in [5.41, 5.74) is 0.904. The van der Waals surface area contributed by atoms with Crippen molar-refractivity contribution in [2.75, 3.05) is 0 Å². The molecule has 3 aromatic rings. The van der Waals surface area contributed by atoms with Crippen LogP contribution in [0, 0.1) is 0 Å². The smallest absolute Gasteiger partial charge is 0.295 e. The van der Waals surface area contributed by atoms with Gasteiger partial charge in [-0.1, -0.05) is 24.3 Å². The SMILES string of the molecule is O=c1[nH]c(=O)n(Cc2cccc3cccnc23)cc1Br. The van der Waals surface area contributed by atoms with Crippen LogP contribution in [0.3, 0.4) is 0 Å². The van der Waals surface area contributed by atoms with Crippen LogP contribution in [-0.4, -0.2) is 14.5 Å². The van der Waals surface area contributed by atoms with Crippen molar-refractivity contribution in [3.8, 4) is 0 Å². The molecule has 6 heteroatoms. The van der Waals surface area contributed by atoms with E-state index in [2.05, 4.69) is 25.9 Å². The molecule has 0 saturated heterocycles. The Morgan fingerprint density at radius 1 is 1.20 bits per heavy atom. The first-order chi connectivity index (χ1) is 9.65. The Balaban J connectivity index is 2.13. The van der Waals surface area contributed by atoms with E-state index in [1.165, 1.54) is 10.8 Å². The molecule has 5 nitrogen and oxygen atoms in total. The van der Waals surface area contributed by atoms with Gasteiger partial charge >= 0.3 is 5.69 Å². The lowest BCUT2D eigenvalue weighted by Gasteiger charge is -2.08. The van der Waals surface area contributed by atoms with Crippen LogP contribution in [0.4, 0.5) is 0 Å². The van der Waals surface area contributed by atoms with Crippen LogP contribution in [-0.2, 0) is 6.54 Å². The Labute approximate surface area is 122 Å². The lowest BCUT2D eigenvalue weighted by molar-refractivity contribution is 0.718. The summed E-state index contributed by atoms with van der Waals surface area (Å²) >= 11 is 3.12. The summed E-state index contributed by atoms with van der Waals surface area (Å²) in [6, 6.07) is 9.65. The number of pyridine rings is 1. The number of nitrogens with one attached hydrogen (secondary N) is 1. The van der Waals surface area contributed by atoms with Crippen molar-refractivity contribution >= 4 is 26.8 Å². The molecule has 0 atom stereocenters. The second kappa shape index (κ2) is 5.05. The van der Waals surface area contributed by atoms with Gasteiger partial charge in [0, 0.05) is 17.8 Å². The summed E-state index contributed by atoms with van der Waals surface area (Å²) in [7, 11) is 0. The third kappa shape index (κ3) is 2.30. The molecule has 2 heterocycles. The van der Waals surface area contributed by atoms with E-state index in [0.29, 0.717) is 11.0 Å². The topological polar surface area (TPSA) is 67.8 Å². The number of halogens is 1. The number of hydrogen-bond acceptors (Lipinski definition) is 3. The zero-order valence-corrected chi connectivity index (χ0v) is 11.9. The van der Waals surface area contributed by atoms with Gasteiger partial charge in [0.1, 0.15) is 0 Å². The Hall–Kier alpha value is -2.21. The van der Waals surface area contributed by atoms with Crippen molar-refractivity contribution in [2.24, 2.45) is 0 Å². The quantitative estimate of drug-likeness (QED) is 0.779. The van der Waals surface area contributed by atoms with Gasteiger partial charge in [-0.15, -0.1) is 0 Å². The van der Waals surface area contributed by atoms with E-state index in [4.69, 9.17) is 0 Å². The molecule has 0 unspecified atom stereocenters. The van der Waals surface area contributed by atoms with Crippen molar-refractivity contribution in [2.45, 2.75) is 6.54 Å². The highest BCUT2D eigenvalue weighted by Gasteiger charge is 2.06. The number of fused-ring (bicyclic) bond motifs is 1. The van der Waals surface area contributed by atoms with Crippen LogP contribution < -0.4 is 11.2 Å². The molecule has 0 bridgehead atoms. The number of rotatable bonds is 2. The highest BCUT2D eigenvalue weighted by Crippen LogP contribution is 2.16. The molecule has 1 aromatic carbocycles. The van der Waals surface area contributed by atoms with Crippen LogP contribution in [0.2, 0.25) is 0 Å². The maximum Gasteiger partial charge on any atom is 0.328 e. The van der Waals surface area contributed by atoms with E-state index in [9.17, 15) is 9.59 Å². The molecule has 100 valence electrons. The Morgan fingerprint density at radius 2 is 2.00 bits per heavy atom. The minimum Gasteiger partial charge on any atom is -0.295 e. The van der Waals surface area contributed by atoms with Crippen LogP contribution in [0.1, 0.15) is 5.56 Å². The molecule has 1 N–H and O–H groups in total. The number of H-pyrrole nitrogens is 1. The molecular weight excluding hydrogens is 322 g/mol. The molecule has 0 amide bonds. The largest absolute Gasteiger partial charge is 0.328 e. The average molecular weight is 332 g/mol. The summed E-state index contributed by atoms with van der Waals surface area (Å²) < 4.78 is 1.76. The fourth-order valence-corrected chi connectivity index (χ4v) is 2.42. The zero-order chi connectivity index (χ0) is 14.1. The zero-order valence-electron chi connectivity index (χ0n) is 10.3. The van der Waals surface area contributed by atoms with Crippen LogP contribution >= 0.6 is 15.9 Å². The molecule has 0 spiro atoms. The molecule has 20 heavy (non-hydrogen) atoms. The average Bonchev–Trinajstić information content (AvgIpc) is 2.45. The maximum absolute atomic E-state index is 11.8. The molecule has 0 aliphatic heterocycles. The summed E-state index contributed by atoms with van der Waals surface area (Å²) in [4.78, 5) is 29.7. The molecule has 0 saturated carbocycles. The molecule has 0 aliphatic rings. The number of aromatic amines is 1. The fraction of sp³-hybridized carbons (Fsp3) is 0.0714. The van der Waals surface area contributed by atoms with Gasteiger partial charge in [-0.05, 0) is 27.6 Å². The maximum atomic E-state index is 11.8. The highest BCUT2D eigenvalue weighted by atomic mass is 79.9. The molecule has 0 fully saturated rings. The van der Waals surface area contributed by atoms with Crippen molar-refractivity contribution in [3.05, 3.63) is 73.6 Å². The Kier molecular flexibility index (Phi) is 3.23. The number of nitrogens with zero attached hydrogens (tertiary/aromatic N) is 2. The molecule has 0 radical (unpaired) electrons. The van der Waals surface area contributed by atoms with Gasteiger partial charge in [0.2, 0.25) is 0 Å². The van der Waals surface area contributed by atoms with Crippen LogP contribution in [0.25, 0.3) is 10.9 Å². The normalized spacial score (nSPS) is 10.8. The second-order valence-electron chi connectivity index (χ2n) is 4.36. The molecule has 2 aromatic heterocycles. The number of hydrogen-bond donors (Lipinski definition) is 1. The summed E-state index contributed by atoms with van der Waals surface area (Å²) in [5.74, 6) is 0. The van der Waals surface area contributed by atoms with Crippen molar-refractivity contribution in [1.82, 2.24) is 14.5 Å². The summed E-state index contributed by atoms with van der Waals surface area (Å²) in [6.07, 6.45) is 3.21. The minimum atomic E-state index is -0.439. The van der Waals surface area contributed by atoms with Gasteiger partial charge in [0.05, 0.1) is 16.5 Å². The van der Waals surface area contributed by atoms with E-state index in [1.54, 1.807) is 6.20 Å². The van der Waals surface area contributed by atoms with Gasteiger partial charge in [0.25, 0.3) is 5.56 Å². The van der Waals surface area contributed by atoms with Crippen molar-refractivity contribution in [1.29, 1.82) is 0 Å². The van der Waals surface area contributed by atoms with Gasteiger partial charge in [-0.3, -0.25) is 19.3 Å². The van der Waals surface area contributed by atoms with Crippen LogP contribution in [0.5, 0.6) is 0 Å². The molecular formula is C14H10BrN3O2. The minimum absolute atomic E-state index is 0.324. The van der Waals surface area contributed by atoms with Crippen molar-refractivity contribution in [3.63, 3.8) is 0 Å². The van der Waals surface area contributed by atoms with E-state index < -0.39 is 11.2 Å². The summed E-state index contributed by atoms with van der Waals surface area (Å²) in [6.45, 7) is 0.350. The van der Waals surface area contributed by atoms with E-state index >= 15 is 0 Å². The van der Waals surface area contributed by atoms with Crippen molar-refractivity contribution < 1.29 is 0 Å². The predicted molar refractivity (Wildman–Crippen MR) is 79.9 cm³/mol. The van der Waals surface area contributed by atoms with E-state index in [0.717, 1.165) is 16.5 Å². The van der Waals surface area contributed by atoms with Gasteiger partial charge in [0.15, 0.2) is 0 Å². The third-order valence-corrected chi connectivity index (χ3v) is 3.59. The first-order valence-corrected chi connectivity index (χ1v) is 6.76. The van der Waals surface area contributed by atoms with Crippen LogP contribution in [0.15, 0.2) is 56.8 Å². The fourth-order valence-electron chi connectivity index (χ4n) is 2.08. The van der Waals surface area contributed by atoms with Gasteiger partial charge < -0.3 is 0 Å². The van der Waals surface area contributed by atoms with E-state index in [1.807, 2.05) is 30.3 Å². The predicted octanol–water partition coefficient (Wildman–Crippen LogP) is 1.90. The molecule has 3 rings (SSSR count). The lowest BCUT2D eigenvalue weighted by atomic mass is 10.1. The third-order valence-electron chi connectivity index (χ3n) is 3.02. The number of para-hydroxylation sites is 1. The number of aromatic nitrogens is 3. The Morgan fingerprint density at radius 3 is 2.85 bits per heavy atom. The van der Waals surface area contributed by atoms with Gasteiger partial charge in [-0.2, -0.15) is 0 Å². The van der Waals surface area contributed by atoms with Gasteiger partial charge in [-0.25, -0.2) is 4.79 Å². The second-order valence-corrected chi connectivity index (χ2v) is 5.21. The van der Waals surface area contributed by atoms with E-state index in [-0.39, 0.29) is 0 Å². The standard InChI is InChI=1S/C14H10BrN3O2/c15-11-8-18(14(20)17-13(11)19)7-10-4-1-3-9-5-2-6-16-12(9)10/h1-6,8H,7H2,(H,17,19,20).